The molecule has 1 aromatic heterocycles. The summed E-state index contributed by atoms with van der Waals surface area (Å²) in [5, 5.41) is 0.683. The molecule has 20 heavy (non-hydrogen) atoms. The van der Waals surface area contributed by atoms with Crippen molar-refractivity contribution < 1.29 is 4.79 Å². The van der Waals surface area contributed by atoms with Gasteiger partial charge in [0.25, 0.3) is 0 Å². The van der Waals surface area contributed by atoms with Crippen LogP contribution >= 0.6 is 0 Å². The molecule has 1 heterocycles. The highest BCUT2D eigenvalue weighted by Crippen LogP contribution is 2.16. The van der Waals surface area contributed by atoms with Crippen LogP contribution in [0.1, 0.15) is 49.0 Å². The van der Waals surface area contributed by atoms with E-state index in [1.54, 1.807) is 6.07 Å². The number of carbonyl (C=O) groups is 1. The van der Waals surface area contributed by atoms with Crippen LogP contribution < -0.4 is 11.3 Å². The van der Waals surface area contributed by atoms with E-state index in [2.05, 4.69) is 18.8 Å². The van der Waals surface area contributed by atoms with E-state index in [0.29, 0.717) is 10.9 Å². The third kappa shape index (κ3) is 4.23. The molecule has 108 valence electrons. The number of nitrogens with two attached hydrogens (primary N) is 1. The number of primary amides is 1. The summed E-state index contributed by atoms with van der Waals surface area (Å²) in [6.07, 6.45) is 4.08. The van der Waals surface area contributed by atoms with Gasteiger partial charge in [0, 0.05) is 17.0 Å². The molecule has 0 aliphatic rings. The molecule has 4 heteroatoms. The average Bonchev–Trinajstić information content (AvgIpc) is 2.40. The van der Waals surface area contributed by atoms with Crippen molar-refractivity contribution in [2.75, 3.05) is 0 Å². The van der Waals surface area contributed by atoms with Crippen molar-refractivity contribution >= 4 is 16.8 Å². The molecule has 3 N–H and O–H groups in total. The first kappa shape index (κ1) is 16.0. The number of aromatic amines is 1. The Kier molecular flexibility index (Phi) is 5.97. The topological polar surface area (TPSA) is 75.9 Å². The van der Waals surface area contributed by atoms with E-state index in [4.69, 9.17) is 5.73 Å². The van der Waals surface area contributed by atoms with Crippen LogP contribution in [0.15, 0.2) is 29.1 Å². The number of unbranched alkanes of at least 4 members (excludes halogenated alkanes) is 2. The van der Waals surface area contributed by atoms with E-state index in [1.165, 1.54) is 25.3 Å². The van der Waals surface area contributed by atoms with Crippen molar-refractivity contribution in [2.24, 2.45) is 5.73 Å². The van der Waals surface area contributed by atoms with Crippen molar-refractivity contribution in [3.63, 3.8) is 0 Å². The number of rotatable bonds is 3. The maximum Gasteiger partial charge on any atom is 0.249 e. The normalized spacial score (nSPS) is 9.95. The van der Waals surface area contributed by atoms with Crippen molar-refractivity contribution in [3.8, 4) is 0 Å². The van der Waals surface area contributed by atoms with Gasteiger partial charge in [-0.25, -0.2) is 0 Å². The molecule has 0 radical (unpaired) electrons. The SMILES string of the molecule is CCCCC.Cc1ccc2[nH]c(=O)cc(C(N)=O)c2c1. The second-order valence-electron chi connectivity index (χ2n) is 4.81. The molecule has 0 aliphatic carbocycles. The monoisotopic (exact) mass is 274 g/mol. The summed E-state index contributed by atoms with van der Waals surface area (Å²) in [5.41, 5.74) is 6.79. The molecule has 0 spiro atoms. The van der Waals surface area contributed by atoms with Gasteiger partial charge in [0.05, 0.1) is 5.56 Å². The number of carbonyl (C=O) groups excluding carboxylic acids is 1. The number of aryl methyl sites for hydroxylation is 1. The summed E-state index contributed by atoms with van der Waals surface area (Å²) in [4.78, 5) is 25.0. The second kappa shape index (κ2) is 7.48. The molecule has 0 atom stereocenters. The molecule has 2 aromatic rings. The van der Waals surface area contributed by atoms with Crippen molar-refractivity contribution in [2.45, 2.75) is 40.0 Å². The lowest BCUT2D eigenvalue weighted by Gasteiger charge is -2.03. The van der Waals surface area contributed by atoms with E-state index in [9.17, 15) is 9.59 Å². The van der Waals surface area contributed by atoms with Gasteiger partial charge in [0.15, 0.2) is 0 Å². The van der Waals surface area contributed by atoms with E-state index >= 15 is 0 Å². The van der Waals surface area contributed by atoms with E-state index < -0.39 is 5.91 Å². The summed E-state index contributed by atoms with van der Waals surface area (Å²) < 4.78 is 0. The average molecular weight is 274 g/mol. The second-order valence-corrected chi connectivity index (χ2v) is 4.81. The summed E-state index contributed by atoms with van der Waals surface area (Å²) in [5.74, 6) is -0.586. The minimum absolute atomic E-state index is 0.262. The quantitative estimate of drug-likeness (QED) is 0.902. The third-order valence-corrected chi connectivity index (χ3v) is 2.97. The first-order chi connectivity index (χ1) is 9.49. The van der Waals surface area contributed by atoms with E-state index in [0.717, 1.165) is 5.56 Å². The maximum absolute atomic E-state index is 11.2. The maximum atomic E-state index is 11.2. The largest absolute Gasteiger partial charge is 0.366 e. The fourth-order valence-corrected chi connectivity index (χ4v) is 1.93. The van der Waals surface area contributed by atoms with Crippen LogP contribution in [-0.4, -0.2) is 10.9 Å². The number of benzene rings is 1. The van der Waals surface area contributed by atoms with Crippen LogP contribution in [0.4, 0.5) is 0 Å². The Morgan fingerprint density at radius 1 is 1.20 bits per heavy atom. The third-order valence-electron chi connectivity index (χ3n) is 2.97. The molecule has 4 nitrogen and oxygen atoms in total. The Balaban J connectivity index is 0.000000347. The highest BCUT2D eigenvalue weighted by atomic mass is 16.1. The molecule has 0 saturated heterocycles. The Morgan fingerprint density at radius 2 is 1.85 bits per heavy atom. The number of amides is 1. The fourth-order valence-electron chi connectivity index (χ4n) is 1.93. The van der Waals surface area contributed by atoms with E-state index in [1.807, 2.05) is 19.1 Å². The highest BCUT2D eigenvalue weighted by molar-refractivity contribution is 6.05. The van der Waals surface area contributed by atoms with Crippen LogP contribution in [0, 0.1) is 6.92 Å². The van der Waals surface area contributed by atoms with Gasteiger partial charge in [-0.15, -0.1) is 0 Å². The molecule has 1 amide bonds. The number of nitrogens with one attached hydrogen (secondary N) is 1. The van der Waals surface area contributed by atoms with Gasteiger partial charge >= 0.3 is 0 Å². The van der Waals surface area contributed by atoms with Gasteiger partial charge in [-0.2, -0.15) is 0 Å². The predicted molar refractivity (Wildman–Crippen MR) is 83.0 cm³/mol. The molecule has 2 rings (SSSR count). The van der Waals surface area contributed by atoms with Crippen LogP contribution in [0.5, 0.6) is 0 Å². The lowest BCUT2D eigenvalue weighted by Crippen LogP contribution is -2.16. The standard InChI is InChI=1S/C11H10N2O2.C5H12/c1-6-2-3-9-7(4-6)8(11(12)15)5-10(14)13-9;1-3-5-4-2/h2-5H,1H3,(H2,12,15)(H,13,14);3-5H2,1-2H3. The van der Waals surface area contributed by atoms with Gasteiger partial charge in [0.2, 0.25) is 11.5 Å². The first-order valence-corrected chi connectivity index (χ1v) is 6.93. The minimum atomic E-state index is -0.586. The summed E-state index contributed by atoms with van der Waals surface area (Å²) >= 11 is 0. The van der Waals surface area contributed by atoms with Gasteiger partial charge in [-0.1, -0.05) is 44.7 Å². The Bertz CT molecular complexity index is 642. The molecule has 1 aromatic carbocycles. The van der Waals surface area contributed by atoms with Crippen LogP contribution in [0.25, 0.3) is 10.9 Å². The van der Waals surface area contributed by atoms with Crippen LogP contribution in [0.3, 0.4) is 0 Å². The molecule has 0 bridgehead atoms. The van der Waals surface area contributed by atoms with Crippen LogP contribution in [0.2, 0.25) is 0 Å². The zero-order valence-corrected chi connectivity index (χ0v) is 12.3. The molecule has 0 saturated carbocycles. The number of hydrogen-bond acceptors (Lipinski definition) is 2. The van der Waals surface area contributed by atoms with Crippen molar-refractivity contribution in [1.29, 1.82) is 0 Å². The minimum Gasteiger partial charge on any atom is -0.366 e. The van der Waals surface area contributed by atoms with Gasteiger partial charge in [-0.05, 0) is 19.1 Å². The first-order valence-electron chi connectivity index (χ1n) is 6.93. The highest BCUT2D eigenvalue weighted by Gasteiger charge is 2.08. The van der Waals surface area contributed by atoms with Crippen molar-refractivity contribution in [1.82, 2.24) is 4.98 Å². The van der Waals surface area contributed by atoms with Gasteiger partial charge in [-0.3, -0.25) is 9.59 Å². The van der Waals surface area contributed by atoms with Gasteiger partial charge < -0.3 is 10.7 Å². The summed E-state index contributed by atoms with van der Waals surface area (Å²) in [6, 6.07) is 6.68. The summed E-state index contributed by atoms with van der Waals surface area (Å²) in [7, 11) is 0. The number of H-pyrrole nitrogens is 1. The number of hydrogen-bond donors (Lipinski definition) is 2. The lowest BCUT2D eigenvalue weighted by atomic mass is 10.1. The smallest absolute Gasteiger partial charge is 0.249 e. The molecular formula is C16H22N2O2. The summed E-state index contributed by atoms with van der Waals surface area (Å²) in [6.45, 7) is 6.34. The zero-order chi connectivity index (χ0) is 15.1. The van der Waals surface area contributed by atoms with Gasteiger partial charge in [0.1, 0.15) is 0 Å². The number of pyridine rings is 1. The van der Waals surface area contributed by atoms with E-state index in [-0.39, 0.29) is 11.1 Å². The molecular weight excluding hydrogens is 252 g/mol. The van der Waals surface area contributed by atoms with Crippen molar-refractivity contribution in [3.05, 3.63) is 45.7 Å². The molecule has 0 fully saturated rings. The number of fused-ring (bicyclic) bond motifs is 1. The molecule has 0 aliphatic heterocycles. The molecule has 0 unspecified atom stereocenters. The Labute approximate surface area is 119 Å². The lowest BCUT2D eigenvalue weighted by molar-refractivity contribution is 0.100. The fraction of sp³-hybridized carbons (Fsp3) is 0.375. The Morgan fingerprint density at radius 3 is 2.35 bits per heavy atom. The zero-order valence-electron chi connectivity index (χ0n) is 12.3. The number of aromatic nitrogens is 1. The predicted octanol–water partition coefficient (Wildman–Crippen LogP) is 3.13. The Hall–Kier alpha value is -2.10. The van der Waals surface area contributed by atoms with Crippen LogP contribution in [-0.2, 0) is 0 Å².